The van der Waals surface area contributed by atoms with Crippen molar-refractivity contribution < 1.29 is 17.9 Å². The van der Waals surface area contributed by atoms with E-state index in [2.05, 4.69) is 9.89 Å². The van der Waals surface area contributed by atoms with Crippen molar-refractivity contribution in [3.05, 3.63) is 71.3 Å². The molecule has 0 spiro atoms. The summed E-state index contributed by atoms with van der Waals surface area (Å²) >= 11 is 1.33. The number of aromatic nitrogens is 2. The number of amidine groups is 1. The molecule has 2 aromatic carbocycles. The standard InChI is InChI=1S/C25H25N5O4S2/c1-28(2)36(32,33)21-10-6-7-18(15-21)23-19(17-30(27-23)20-8-4-3-5-9-20)16-22-24(31)26-25(35-22)29-11-13-34-14-12-29/h3-10,15-17H,11-14H2,1-2H3. The molecule has 1 fully saturated rings. The van der Waals surface area contributed by atoms with Crippen LogP contribution in [0.5, 0.6) is 0 Å². The number of nitrogens with zero attached hydrogens (tertiary/aromatic N) is 5. The summed E-state index contributed by atoms with van der Waals surface area (Å²) in [5, 5.41) is 5.45. The first-order valence-electron chi connectivity index (χ1n) is 11.4. The third-order valence-corrected chi connectivity index (χ3v) is 8.68. The molecular weight excluding hydrogens is 498 g/mol. The van der Waals surface area contributed by atoms with Gasteiger partial charge in [-0.15, -0.1) is 0 Å². The van der Waals surface area contributed by atoms with E-state index in [1.54, 1.807) is 29.0 Å². The van der Waals surface area contributed by atoms with E-state index >= 15 is 0 Å². The molecule has 11 heteroatoms. The molecule has 5 rings (SSSR count). The zero-order valence-electron chi connectivity index (χ0n) is 19.9. The molecule has 0 radical (unpaired) electrons. The third kappa shape index (κ3) is 4.87. The number of aliphatic imine (C=N–C) groups is 1. The summed E-state index contributed by atoms with van der Waals surface area (Å²) in [5.41, 5.74) is 2.73. The Hall–Kier alpha value is -3.25. The van der Waals surface area contributed by atoms with Gasteiger partial charge >= 0.3 is 0 Å². The predicted octanol–water partition coefficient (Wildman–Crippen LogP) is 3.09. The van der Waals surface area contributed by atoms with E-state index in [-0.39, 0.29) is 10.8 Å². The Morgan fingerprint density at radius 2 is 1.81 bits per heavy atom. The highest BCUT2D eigenvalue weighted by atomic mass is 32.2. The fourth-order valence-corrected chi connectivity index (χ4v) is 5.78. The molecule has 2 aliphatic heterocycles. The quantitative estimate of drug-likeness (QED) is 0.474. The summed E-state index contributed by atoms with van der Waals surface area (Å²) in [6.45, 7) is 2.59. The first-order chi connectivity index (χ1) is 17.3. The van der Waals surface area contributed by atoms with Crippen LogP contribution in [-0.2, 0) is 19.6 Å². The van der Waals surface area contributed by atoms with Gasteiger partial charge in [0, 0.05) is 44.5 Å². The Labute approximate surface area is 214 Å². The number of sulfonamides is 1. The Bertz CT molecular complexity index is 1460. The van der Waals surface area contributed by atoms with Gasteiger partial charge in [-0.2, -0.15) is 10.1 Å². The molecule has 9 nitrogen and oxygen atoms in total. The predicted molar refractivity (Wildman–Crippen MR) is 140 cm³/mol. The minimum absolute atomic E-state index is 0.169. The molecule has 3 aromatic rings. The largest absolute Gasteiger partial charge is 0.378 e. The number of para-hydroxylation sites is 1. The summed E-state index contributed by atoms with van der Waals surface area (Å²) in [4.78, 5) is 19.7. The van der Waals surface area contributed by atoms with Crippen LogP contribution in [0.2, 0.25) is 0 Å². The van der Waals surface area contributed by atoms with Crippen molar-refractivity contribution in [2.45, 2.75) is 4.90 Å². The lowest BCUT2D eigenvalue weighted by Crippen LogP contribution is -2.38. The van der Waals surface area contributed by atoms with Gasteiger partial charge in [-0.3, -0.25) is 4.79 Å². The van der Waals surface area contributed by atoms with Gasteiger partial charge in [0.05, 0.1) is 28.7 Å². The normalized spacial score (nSPS) is 17.8. The third-order valence-electron chi connectivity index (χ3n) is 5.83. The van der Waals surface area contributed by atoms with E-state index < -0.39 is 10.0 Å². The number of carbonyl (C=O) groups excluding carboxylic acids is 1. The van der Waals surface area contributed by atoms with Gasteiger partial charge < -0.3 is 9.64 Å². The summed E-state index contributed by atoms with van der Waals surface area (Å²) in [5.74, 6) is -0.302. The van der Waals surface area contributed by atoms with Crippen molar-refractivity contribution in [2.75, 3.05) is 40.4 Å². The summed E-state index contributed by atoms with van der Waals surface area (Å²) < 4.78 is 33.8. The van der Waals surface area contributed by atoms with Crippen molar-refractivity contribution in [3.63, 3.8) is 0 Å². The SMILES string of the molecule is CN(C)S(=O)(=O)c1cccc(-c2nn(-c3ccccc3)cc2C=C2SC(N3CCOCC3)=NC2=O)c1. The first-order valence-corrected chi connectivity index (χ1v) is 13.6. The van der Waals surface area contributed by atoms with E-state index in [1.165, 1.54) is 30.2 Å². The zero-order valence-corrected chi connectivity index (χ0v) is 21.5. The van der Waals surface area contributed by atoms with Crippen LogP contribution < -0.4 is 0 Å². The Balaban J connectivity index is 1.56. The highest BCUT2D eigenvalue weighted by molar-refractivity contribution is 8.18. The molecule has 1 amide bonds. The van der Waals surface area contributed by atoms with Crippen LogP contribution in [0.4, 0.5) is 0 Å². The molecule has 186 valence electrons. The monoisotopic (exact) mass is 523 g/mol. The van der Waals surface area contributed by atoms with Crippen LogP contribution in [0.25, 0.3) is 23.0 Å². The van der Waals surface area contributed by atoms with Crippen molar-refractivity contribution >= 4 is 38.9 Å². The number of carbonyl (C=O) groups is 1. The molecule has 3 heterocycles. The van der Waals surface area contributed by atoms with Gasteiger partial charge in [0.1, 0.15) is 5.69 Å². The molecule has 1 aromatic heterocycles. The lowest BCUT2D eigenvalue weighted by Gasteiger charge is -2.27. The van der Waals surface area contributed by atoms with Crippen LogP contribution >= 0.6 is 11.8 Å². The molecule has 0 bridgehead atoms. The van der Waals surface area contributed by atoms with Gasteiger partial charge in [0.15, 0.2) is 5.17 Å². The average molecular weight is 524 g/mol. The first kappa shape index (κ1) is 24.4. The molecule has 2 aliphatic rings. The number of rotatable bonds is 5. The Morgan fingerprint density at radius 3 is 2.53 bits per heavy atom. The van der Waals surface area contributed by atoms with Crippen molar-refractivity contribution in [2.24, 2.45) is 4.99 Å². The van der Waals surface area contributed by atoms with Crippen LogP contribution in [-0.4, -0.2) is 78.9 Å². The lowest BCUT2D eigenvalue weighted by molar-refractivity contribution is -0.113. The number of benzene rings is 2. The lowest BCUT2D eigenvalue weighted by atomic mass is 10.1. The van der Waals surface area contributed by atoms with Crippen LogP contribution in [0.1, 0.15) is 5.56 Å². The smallest absolute Gasteiger partial charge is 0.286 e. The maximum atomic E-state index is 12.8. The van der Waals surface area contributed by atoms with E-state index in [4.69, 9.17) is 9.84 Å². The van der Waals surface area contributed by atoms with E-state index in [0.29, 0.717) is 53.2 Å². The molecule has 0 atom stereocenters. The highest BCUT2D eigenvalue weighted by Gasteiger charge is 2.28. The summed E-state index contributed by atoms with van der Waals surface area (Å²) in [6.07, 6.45) is 3.62. The molecule has 1 saturated heterocycles. The van der Waals surface area contributed by atoms with Crippen LogP contribution in [0, 0.1) is 0 Å². The maximum Gasteiger partial charge on any atom is 0.286 e. The van der Waals surface area contributed by atoms with Gasteiger partial charge in [-0.1, -0.05) is 30.3 Å². The molecule has 36 heavy (non-hydrogen) atoms. The summed E-state index contributed by atoms with van der Waals surface area (Å²) in [6, 6.07) is 16.3. The number of ether oxygens (including phenoxy) is 1. The Morgan fingerprint density at radius 1 is 1.06 bits per heavy atom. The molecule has 0 saturated carbocycles. The number of morpholine rings is 1. The number of hydrogen-bond donors (Lipinski definition) is 0. The zero-order chi connectivity index (χ0) is 25.3. The average Bonchev–Trinajstić information content (AvgIpc) is 3.49. The maximum absolute atomic E-state index is 12.8. The number of thioether (sulfide) groups is 1. The topological polar surface area (TPSA) is 97.1 Å². The molecular formula is C25H25N5O4S2. The minimum Gasteiger partial charge on any atom is -0.378 e. The van der Waals surface area contributed by atoms with Crippen molar-refractivity contribution in [1.82, 2.24) is 19.0 Å². The fourth-order valence-electron chi connectivity index (χ4n) is 3.87. The van der Waals surface area contributed by atoms with E-state index in [0.717, 1.165) is 5.69 Å². The molecule has 0 N–H and O–H groups in total. The van der Waals surface area contributed by atoms with E-state index in [9.17, 15) is 13.2 Å². The van der Waals surface area contributed by atoms with Gasteiger partial charge in [0.25, 0.3) is 5.91 Å². The fraction of sp³-hybridized carbons (Fsp3) is 0.240. The van der Waals surface area contributed by atoms with Crippen LogP contribution in [0.15, 0.2) is 75.6 Å². The second-order valence-corrected chi connectivity index (χ2v) is 11.6. The Kier molecular flexibility index (Phi) is 6.80. The van der Waals surface area contributed by atoms with Gasteiger partial charge in [-0.05, 0) is 42.1 Å². The highest BCUT2D eigenvalue weighted by Crippen LogP contribution is 2.34. The van der Waals surface area contributed by atoms with Crippen LogP contribution in [0.3, 0.4) is 0 Å². The molecule has 0 aliphatic carbocycles. The van der Waals surface area contributed by atoms with E-state index in [1.807, 2.05) is 42.6 Å². The second kappa shape index (κ2) is 10.0. The van der Waals surface area contributed by atoms with Gasteiger partial charge in [-0.25, -0.2) is 17.4 Å². The number of amides is 1. The van der Waals surface area contributed by atoms with Crippen molar-refractivity contribution in [1.29, 1.82) is 0 Å². The summed E-state index contributed by atoms with van der Waals surface area (Å²) in [7, 11) is -0.631. The number of hydrogen-bond acceptors (Lipinski definition) is 7. The van der Waals surface area contributed by atoms with Crippen molar-refractivity contribution in [3.8, 4) is 16.9 Å². The minimum atomic E-state index is -3.63. The second-order valence-electron chi connectivity index (χ2n) is 8.44. The molecule has 0 unspecified atom stereocenters. The van der Waals surface area contributed by atoms with Gasteiger partial charge in [0.2, 0.25) is 10.0 Å².